The molecule has 4 rings (SSSR count). The van der Waals surface area contributed by atoms with Gasteiger partial charge in [0.25, 0.3) is 5.91 Å². The number of rotatable bonds is 6. The molecule has 3 heterocycles. The molecule has 1 fully saturated rings. The van der Waals surface area contributed by atoms with Crippen molar-refractivity contribution in [1.82, 2.24) is 14.9 Å². The van der Waals surface area contributed by atoms with Crippen molar-refractivity contribution in [2.75, 3.05) is 25.9 Å². The summed E-state index contributed by atoms with van der Waals surface area (Å²) >= 11 is 1.47. The third kappa shape index (κ3) is 7.54. The smallest absolute Gasteiger partial charge is 0.490 e. The van der Waals surface area contributed by atoms with Crippen molar-refractivity contribution in [3.05, 3.63) is 64.0 Å². The Morgan fingerprint density at radius 3 is 2.45 bits per heavy atom. The van der Waals surface area contributed by atoms with Gasteiger partial charge in [-0.3, -0.25) is 4.79 Å². The molecule has 3 N–H and O–H groups in total. The maximum Gasteiger partial charge on any atom is 0.490 e. The molecule has 38 heavy (non-hydrogen) atoms. The van der Waals surface area contributed by atoms with E-state index < -0.39 is 18.0 Å². The van der Waals surface area contributed by atoms with Gasteiger partial charge in [-0.05, 0) is 30.9 Å². The van der Waals surface area contributed by atoms with E-state index in [1.54, 1.807) is 36.5 Å². The number of thiazole rings is 1. The van der Waals surface area contributed by atoms with Crippen molar-refractivity contribution in [2.45, 2.75) is 31.5 Å². The van der Waals surface area contributed by atoms with Gasteiger partial charge in [0.2, 0.25) is 0 Å². The lowest BCUT2D eigenvalue weighted by Crippen LogP contribution is -2.38. The predicted molar refractivity (Wildman–Crippen MR) is 130 cm³/mol. The molecule has 0 saturated carbocycles. The quantitative estimate of drug-likeness (QED) is 0.425. The zero-order chi connectivity index (χ0) is 27.9. The number of carboxylic acids is 1. The summed E-state index contributed by atoms with van der Waals surface area (Å²) in [5.41, 5.74) is 6.77. The fourth-order valence-electron chi connectivity index (χ4n) is 3.74. The molecule has 0 unspecified atom stereocenters. The van der Waals surface area contributed by atoms with E-state index >= 15 is 0 Å². The van der Waals surface area contributed by atoms with Crippen LogP contribution in [-0.4, -0.2) is 58.2 Å². The zero-order valence-corrected chi connectivity index (χ0v) is 20.9. The van der Waals surface area contributed by atoms with Crippen LogP contribution in [0, 0.1) is 5.82 Å². The largest absolute Gasteiger partial charge is 0.496 e. The van der Waals surface area contributed by atoms with E-state index in [4.69, 9.17) is 25.1 Å². The third-order valence-electron chi connectivity index (χ3n) is 5.62. The van der Waals surface area contributed by atoms with Crippen molar-refractivity contribution in [2.24, 2.45) is 0 Å². The van der Waals surface area contributed by atoms with Crippen LogP contribution in [0.15, 0.2) is 42.0 Å². The second-order valence-electron chi connectivity index (χ2n) is 8.08. The minimum absolute atomic E-state index is 0.0479. The van der Waals surface area contributed by atoms with Gasteiger partial charge in [-0.1, -0.05) is 0 Å². The van der Waals surface area contributed by atoms with Gasteiger partial charge in [-0.2, -0.15) is 13.2 Å². The molecular formula is C24H24F4N4O5S. The molecule has 1 saturated heterocycles. The molecule has 0 spiro atoms. The molecule has 0 bridgehead atoms. The maximum absolute atomic E-state index is 14.6. The number of nitrogen functional groups attached to an aromatic ring is 1. The van der Waals surface area contributed by atoms with Gasteiger partial charge < -0.3 is 25.2 Å². The molecule has 0 aliphatic carbocycles. The van der Waals surface area contributed by atoms with E-state index in [-0.39, 0.29) is 24.0 Å². The molecular weight excluding hydrogens is 532 g/mol. The van der Waals surface area contributed by atoms with Gasteiger partial charge in [0.05, 0.1) is 12.7 Å². The van der Waals surface area contributed by atoms with Crippen LogP contribution in [0.3, 0.4) is 0 Å². The monoisotopic (exact) mass is 556 g/mol. The van der Waals surface area contributed by atoms with E-state index in [2.05, 4.69) is 9.97 Å². The first-order valence-electron chi connectivity index (χ1n) is 11.2. The number of likely N-dealkylation sites (tertiary alicyclic amines) is 1. The van der Waals surface area contributed by atoms with Gasteiger partial charge in [-0.15, -0.1) is 11.3 Å². The number of alkyl halides is 3. The van der Waals surface area contributed by atoms with E-state index in [0.717, 1.165) is 23.4 Å². The molecule has 204 valence electrons. The van der Waals surface area contributed by atoms with Crippen molar-refractivity contribution < 1.29 is 41.7 Å². The van der Waals surface area contributed by atoms with Crippen LogP contribution in [-0.2, 0) is 11.4 Å². The SMILES string of the molecule is COc1cc(N)ncc1C1CCN(C(=O)c2ccc(OCc3nccs3)cc2F)CC1.O=C(O)C(F)(F)F. The lowest BCUT2D eigenvalue weighted by Gasteiger charge is -2.32. The second-order valence-corrected chi connectivity index (χ2v) is 9.06. The number of ether oxygens (including phenoxy) is 2. The van der Waals surface area contributed by atoms with Crippen LogP contribution < -0.4 is 15.2 Å². The molecule has 1 aliphatic heterocycles. The Bertz CT molecular complexity index is 1250. The standard InChI is InChI=1S/C22H23FN4O3S.C2HF3O2/c1-29-19-11-20(24)26-12-17(19)14-4-7-27(8-5-14)22(28)16-3-2-15(10-18(16)23)30-13-21-25-6-9-31-21;3-2(4,5)1(6)7/h2-3,6,9-12,14H,4-5,7-8,13H2,1H3,(H2,24,26);(H,6,7). The number of carbonyl (C=O) groups excluding carboxylic acids is 1. The van der Waals surface area contributed by atoms with Crippen LogP contribution in [0.5, 0.6) is 11.5 Å². The Hall–Kier alpha value is -3.94. The number of halogens is 4. The highest BCUT2D eigenvalue weighted by Gasteiger charge is 2.38. The summed E-state index contributed by atoms with van der Waals surface area (Å²) in [4.78, 5) is 31.7. The van der Waals surface area contributed by atoms with Gasteiger partial charge in [-0.25, -0.2) is 19.2 Å². The number of piperidine rings is 1. The minimum atomic E-state index is -5.08. The summed E-state index contributed by atoms with van der Waals surface area (Å²) in [6.45, 7) is 1.32. The topological polar surface area (TPSA) is 128 Å². The summed E-state index contributed by atoms with van der Waals surface area (Å²) in [6.07, 6.45) is -0.177. The number of pyridine rings is 1. The number of aliphatic carboxylic acids is 1. The van der Waals surface area contributed by atoms with Crippen molar-refractivity contribution in [3.8, 4) is 11.5 Å². The first-order chi connectivity index (χ1) is 18.0. The number of hydrogen-bond donors (Lipinski definition) is 2. The number of aromatic nitrogens is 2. The molecule has 0 radical (unpaired) electrons. The normalized spacial score (nSPS) is 13.9. The fraction of sp³-hybridized carbons (Fsp3) is 0.333. The Morgan fingerprint density at radius 2 is 1.89 bits per heavy atom. The van der Waals surface area contributed by atoms with Crippen LogP contribution in [0.4, 0.5) is 23.4 Å². The van der Waals surface area contributed by atoms with Crippen LogP contribution in [0.2, 0.25) is 0 Å². The number of nitrogens with zero attached hydrogens (tertiary/aromatic N) is 3. The average Bonchev–Trinajstić information content (AvgIpc) is 3.41. The van der Waals surface area contributed by atoms with Crippen LogP contribution >= 0.6 is 11.3 Å². The van der Waals surface area contributed by atoms with Crippen LogP contribution in [0.1, 0.15) is 39.7 Å². The summed E-state index contributed by atoms with van der Waals surface area (Å²) < 4.78 is 57.3. The molecule has 1 aromatic carbocycles. The van der Waals surface area contributed by atoms with E-state index in [1.807, 2.05) is 5.38 Å². The van der Waals surface area contributed by atoms with Crippen molar-refractivity contribution >= 4 is 29.0 Å². The van der Waals surface area contributed by atoms with Gasteiger partial charge >= 0.3 is 12.1 Å². The van der Waals surface area contributed by atoms with Gasteiger partial charge in [0.15, 0.2) is 0 Å². The summed E-state index contributed by atoms with van der Waals surface area (Å²) in [6, 6.07) is 6.05. The summed E-state index contributed by atoms with van der Waals surface area (Å²) in [7, 11) is 1.60. The molecule has 3 aromatic rings. The maximum atomic E-state index is 14.6. The number of anilines is 1. The molecule has 14 heteroatoms. The van der Waals surface area contributed by atoms with Gasteiger partial charge in [0, 0.05) is 48.6 Å². The van der Waals surface area contributed by atoms with E-state index in [9.17, 15) is 22.4 Å². The number of carbonyl (C=O) groups is 2. The third-order valence-corrected chi connectivity index (χ3v) is 6.37. The van der Waals surface area contributed by atoms with Crippen molar-refractivity contribution in [3.63, 3.8) is 0 Å². The second kappa shape index (κ2) is 12.5. The zero-order valence-electron chi connectivity index (χ0n) is 20.1. The Kier molecular flexibility index (Phi) is 9.45. The Morgan fingerprint density at radius 1 is 1.21 bits per heavy atom. The summed E-state index contributed by atoms with van der Waals surface area (Å²) in [5.74, 6) is -1.98. The number of hydrogen-bond acceptors (Lipinski definition) is 8. The molecule has 2 aromatic heterocycles. The lowest BCUT2D eigenvalue weighted by atomic mass is 9.89. The molecule has 9 nitrogen and oxygen atoms in total. The number of methoxy groups -OCH3 is 1. The highest BCUT2D eigenvalue weighted by molar-refractivity contribution is 7.09. The highest BCUT2D eigenvalue weighted by atomic mass is 32.1. The lowest BCUT2D eigenvalue weighted by molar-refractivity contribution is -0.192. The first kappa shape index (κ1) is 28.6. The number of nitrogens with two attached hydrogens (primary N) is 1. The highest BCUT2D eigenvalue weighted by Crippen LogP contribution is 2.35. The molecule has 0 atom stereocenters. The predicted octanol–water partition coefficient (Wildman–Crippen LogP) is 4.50. The number of carboxylic acid groups (broad SMARTS) is 1. The number of amides is 1. The molecule has 1 amide bonds. The average molecular weight is 557 g/mol. The van der Waals surface area contributed by atoms with Gasteiger partial charge in [0.1, 0.15) is 34.7 Å². The minimum Gasteiger partial charge on any atom is -0.496 e. The Labute approximate surface area is 218 Å². The Balaban J connectivity index is 0.000000505. The van der Waals surface area contributed by atoms with E-state index in [0.29, 0.717) is 30.4 Å². The van der Waals surface area contributed by atoms with Crippen molar-refractivity contribution in [1.29, 1.82) is 0 Å². The van der Waals surface area contributed by atoms with E-state index in [1.165, 1.54) is 23.5 Å². The van der Waals surface area contributed by atoms with Crippen LogP contribution in [0.25, 0.3) is 0 Å². The summed E-state index contributed by atoms with van der Waals surface area (Å²) in [5, 5.41) is 9.78. The molecule has 1 aliphatic rings. The first-order valence-corrected chi connectivity index (χ1v) is 12.1. The fourth-order valence-corrected chi connectivity index (χ4v) is 4.27. The number of benzene rings is 1.